The highest BCUT2D eigenvalue weighted by Gasteiger charge is 2.19. The third-order valence-corrected chi connectivity index (χ3v) is 2.97. The largest absolute Gasteiger partial charge is 0.508 e. The molecule has 0 aliphatic rings. The van der Waals surface area contributed by atoms with Crippen LogP contribution >= 0.6 is 0 Å². The Morgan fingerprint density at radius 3 is 2.60 bits per heavy atom. The van der Waals surface area contributed by atoms with E-state index in [1.165, 1.54) is 12.1 Å². The van der Waals surface area contributed by atoms with Gasteiger partial charge in [0.15, 0.2) is 0 Å². The van der Waals surface area contributed by atoms with Gasteiger partial charge < -0.3 is 15.1 Å². The lowest BCUT2D eigenvalue weighted by Crippen LogP contribution is -2.33. The maximum Gasteiger partial charge on any atom is 0.257 e. The van der Waals surface area contributed by atoms with Crippen molar-refractivity contribution >= 4 is 5.91 Å². The van der Waals surface area contributed by atoms with Gasteiger partial charge in [-0.2, -0.15) is 5.26 Å². The van der Waals surface area contributed by atoms with Gasteiger partial charge in [0.25, 0.3) is 5.91 Å². The molecule has 1 aromatic rings. The summed E-state index contributed by atoms with van der Waals surface area (Å²) in [5.41, 5.74) is 0.143. The van der Waals surface area contributed by atoms with Gasteiger partial charge in [-0.05, 0) is 24.5 Å². The Kier molecular flexibility index (Phi) is 5.85. The third kappa shape index (κ3) is 4.47. The number of hydrogen-bond donors (Lipinski definition) is 2. The van der Waals surface area contributed by atoms with E-state index >= 15 is 0 Å². The molecule has 0 radical (unpaired) electrons. The number of amides is 1. The number of nitriles is 1. The molecule has 1 amide bonds. The van der Waals surface area contributed by atoms with Crippen LogP contribution in [0, 0.1) is 17.2 Å². The van der Waals surface area contributed by atoms with Gasteiger partial charge in [0.2, 0.25) is 0 Å². The van der Waals surface area contributed by atoms with Crippen molar-refractivity contribution in [3.8, 4) is 17.6 Å². The standard InChI is InChI=1S/C15H20N2O3/c1-11(2)6-9-17(8-3-7-16)15(20)13-5-4-12(18)10-14(13)19/h4-5,10-11,18-19H,3,6,8-9H2,1-2H3. The monoisotopic (exact) mass is 276 g/mol. The van der Waals surface area contributed by atoms with Crippen LogP contribution in [0.3, 0.4) is 0 Å². The number of phenolic OH excluding ortho intramolecular Hbond substituents is 2. The highest BCUT2D eigenvalue weighted by molar-refractivity contribution is 5.97. The molecule has 0 unspecified atom stereocenters. The number of phenols is 2. The molecule has 108 valence electrons. The van der Waals surface area contributed by atoms with Crippen LogP contribution in [0.5, 0.6) is 11.5 Å². The molecule has 0 aliphatic heterocycles. The molecule has 0 aromatic heterocycles. The van der Waals surface area contributed by atoms with Crippen molar-refractivity contribution < 1.29 is 15.0 Å². The molecule has 0 fully saturated rings. The molecule has 0 saturated heterocycles. The molecule has 5 nitrogen and oxygen atoms in total. The summed E-state index contributed by atoms with van der Waals surface area (Å²) in [5, 5.41) is 27.7. The van der Waals surface area contributed by atoms with Crippen molar-refractivity contribution in [3.05, 3.63) is 23.8 Å². The Hall–Kier alpha value is -2.22. The van der Waals surface area contributed by atoms with Gasteiger partial charge in [0.1, 0.15) is 11.5 Å². The lowest BCUT2D eigenvalue weighted by Gasteiger charge is -2.23. The molecule has 5 heteroatoms. The summed E-state index contributed by atoms with van der Waals surface area (Å²) in [6, 6.07) is 5.91. The van der Waals surface area contributed by atoms with Crippen LogP contribution in [0.4, 0.5) is 0 Å². The molecule has 1 aromatic carbocycles. The van der Waals surface area contributed by atoms with Crippen molar-refractivity contribution in [2.75, 3.05) is 13.1 Å². The second-order valence-electron chi connectivity index (χ2n) is 5.08. The van der Waals surface area contributed by atoms with Crippen LogP contribution in [-0.4, -0.2) is 34.1 Å². The van der Waals surface area contributed by atoms with Crippen molar-refractivity contribution in [1.82, 2.24) is 4.90 Å². The van der Waals surface area contributed by atoms with E-state index in [1.54, 1.807) is 4.90 Å². The fourth-order valence-electron chi connectivity index (χ4n) is 1.79. The van der Waals surface area contributed by atoms with Crippen LogP contribution in [0.1, 0.15) is 37.0 Å². The van der Waals surface area contributed by atoms with Crippen LogP contribution in [-0.2, 0) is 0 Å². The Labute approximate surface area is 119 Å². The summed E-state index contributed by atoms with van der Waals surface area (Å²) in [5.74, 6) is -0.217. The Morgan fingerprint density at radius 2 is 2.05 bits per heavy atom. The lowest BCUT2D eigenvalue weighted by molar-refractivity contribution is 0.0749. The summed E-state index contributed by atoms with van der Waals surface area (Å²) in [6.45, 7) is 5.00. The Bertz CT molecular complexity index is 506. The average molecular weight is 276 g/mol. The maximum absolute atomic E-state index is 12.4. The Balaban J connectivity index is 2.88. The number of hydrogen-bond acceptors (Lipinski definition) is 4. The summed E-state index contributed by atoms with van der Waals surface area (Å²) in [4.78, 5) is 13.9. The van der Waals surface area contributed by atoms with Gasteiger partial charge in [-0.3, -0.25) is 4.79 Å². The minimum atomic E-state index is -0.321. The highest BCUT2D eigenvalue weighted by atomic mass is 16.3. The fourth-order valence-corrected chi connectivity index (χ4v) is 1.79. The molecule has 0 saturated carbocycles. The van der Waals surface area contributed by atoms with Crippen LogP contribution in [0.25, 0.3) is 0 Å². The van der Waals surface area contributed by atoms with E-state index in [4.69, 9.17) is 5.26 Å². The average Bonchev–Trinajstić information content (AvgIpc) is 2.38. The summed E-state index contributed by atoms with van der Waals surface area (Å²) >= 11 is 0. The van der Waals surface area contributed by atoms with E-state index < -0.39 is 0 Å². The highest BCUT2D eigenvalue weighted by Crippen LogP contribution is 2.24. The van der Waals surface area contributed by atoms with E-state index in [-0.39, 0.29) is 29.4 Å². The normalized spacial score (nSPS) is 10.3. The van der Waals surface area contributed by atoms with E-state index in [1.807, 2.05) is 6.07 Å². The Morgan fingerprint density at radius 1 is 1.35 bits per heavy atom. The van der Waals surface area contributed by atoms with Gasteiger partial charge in [-0.15, -0.1) is 0 Å². The second-order valence-corrected chi connectivity index (χ2v) is 5.08. The zero-order valence-corrected chi connectivity index (χ0v) is 11.8. The first kappa shape index (κ1) is 15.8. The predicted molar refractivity (Wildman–Crippen MR) is 75.4 cm³/mol. The van der Waals surface area contributed by atoms with Crippen molar-refractivity contribution in [1.29, 1.82) is 5.26 Å². The van der Waals surface area contributed by atoms with E-state index in [2.05, 4.69) is 13.8 Å². The minimum absolute atomic E-state index is 0.0928. The zero-order valence-electron chi connectivity index (χ0n) is 11.8. The molecule has 0 spiro atoms. The van der Waals surface area contributed by atoms with E-state index in [0.717, 1.165) is 12.5 Å². The van der Waals surface area contributed by atoms with Crippen LogP contribution in [0.2, 0.25) is 0 Å². The van der Waals surface area contributed by atoms with Crippen molar-refractivity contribution in [2.45, 2.75) is 26.7 Å². The van der Waals surface area contributed by atoms with Gasteiger partial charge in [-0.1, -0.05) is 13.8 Å². The maximum atomic E-state index is 12.4. The second kappa shape index (κ2) is 7.39. The van der Waals surface area contributed by atoms with Crippen molar-refractivity contribution in [3.63, 3.8) is 0 Å². The number of nitrogens with zero attached hydrogens (tertiary/aromatic N) is 2. The number of carbonyl (C=O) groups excluding carboxylic acids is 1. The summed E-state index contributed by atoms with van der Waals surface area (Å²) in [6.07, 6.45) is 1.08. The molecule has 2 N–H and O–H groups in total. The topological polar surface area (TPSA) is 84.6 Å². The number of benzene rings is 1. The first-order valence-corrected chi connectivity index (χ1v) is 6.64. The fraction of sp³-hybridized carbons (Fsp3) is 0.467. The smallest absolute Gasteiger partial charge is 0.257 e. The zero-order chi connectivity index (χ0) is 15.1. The minimum Gasteiger partial charge on any atom is -0.508 e. The van der Waals surface area contributed by atoms with Gasteiger partial charge in [0.05, 0.1) is 18.1 Å². The quantitative estimate of drug-likeness (QED) is 0.836. The van der Waals surface area contributed by atoms with Gasteiger partial charge in [0, 0.05) is 19.2 Å². The first-order valence-electron chi connectivity index (χ1n) is 6.64. The summed E-state index contributed by atoms with van der Waals surface area (Å²) < 4.78 is 0. The summed E-state index contributed by atoms with van der Waals surface area (Å²) in [7, 11) is 0. The SMILES string of the molecule is CC(C)CCN(CCC#N)C(=O)c1ccc(O)cc1O. The number of aromatic hydroxyl groups is 2. The molecular weight excluding hydrogens is 256 g/mol. The number of carbonyl (C=O) groups is 1. The molecule has 0 heterocycles. The van der Waals surface area contributed by atoms with E-state index in [0.29, 0.717) is 19.0 Å². The van der Waals surface area contributed by atoms with Crippen LogP contribution in [0.15, 0.2) is 18.2 Å². The van der Waals surface area contributed by atoms with Gasteiger partial charge >= 0.3 is 0 Å². The van der Waals surface area contributed by atoms with Crippen molar-refractivity contribution in [2.24, 2.45) is 5.92 Å². The molecule has 0 atom stereocenters. The predicted octanol–water partition coefficient (Wildman–Crippen LogP) is 2.50. The molecule has 20 heavy (non-hydrogen) atoms. The third-order valence-electron chi connectivity index (χ3n) is 2.97. The first-order chi connectivity index (χ1) is 9.45. The molecule has 0 bridgehead atoms. The van der Waals surface area contributed by atoms with Crippen LogP contribution < -0.4 is 0 Å². The number of rotatable bonds is 6. The molecule has 0 aliphatic carbocycles. The molecule has 1 rings (SSSR count). The van der Waals surface area contributed by atoms with Gasteiger partial charge in [-0.25, -0.2) is 0 Å². The molecular formula is C15H20N2O3. The van der Waals surface area contributed by atoms with E-state index in [9.17, 15) is 15.0 Å². The lowest BCUT2D eigenvalue weighted by atomic mass is 10.1.